The van der Waals surface area contributed by atoms with Crippen molar-refractivity contribution in [2.45, 2.75) is 25.8 Å². The van der Waals surface area contributed by atoms with E-state index in [0.717, 1.165) is 43.4 Å². The second-order valence-corrected chi connectivity index (χ2v) is 6.10. The summed E-state index contributed by atoms with van der Waals surface area (Å²) < 4.78 is 0. The zero-order chi connectivity index (χ0) is 13.0. The maximum Gasteiger partial charge on any atom is 0.0637 e. The average Bonchev–Trinajstić information content (AvgIpc) is 2.36. The number of rotatable bonds is 4. The van der Waals surface area contributed by atoms with Crippen molar-refractivity contribution in [1.29, 1.82) is 0 Å². The van der Waals surface area contributed by atoms with Gasteiger partial charge in [0.05, 0.1) is 10.0 Å². The lowest BCUT2D eigenvalue weighted by Crippen LogP contribution is -2.35. The fourth-order valence-corrected chi connectivity index (χ4v) is 3.28. The third kappa shape index (κ3) is 3.77. The van der Waals surface area contributed by atoms with Crippen LogP contribution in [-0.2, 0) is 6.54 Å². The lowest BCUT2D eigenvalue weighted by Gasteiger charge is -2.32. The Morgan fingerprint density at radius 1 is 1.28 bits per heavy atom. The van der Waals surface area contributed by atoms with Gasteiger partial charge in [0.2, 0.25) is 0 Å². The Bertz CT molecular complexity index is 393. The maximum absolute atomic E-state index is 6.23. The molecule has 4 heteroatoms. The van der Waals surface area contributed by atoms with Crippen molar-refractivity contribution in [1.82, 2.24) is 4.90 Å². The molecule has 1 aromatic rings. The lowest BCUT2D eigenvalue weighted by atomic mass is 9.95. The summed E-state index contributed by atoms with van der Waals surface area (Å²) in [4.78, 5) is 2.46. The lowest BCUT2D eigenvalue weighted by molar-refractivity contribution is 0.165. The molecule has 100 valence electrons. The van der Waals surface area contributed by atoms with Gasteiger partial charge in [0, 0.05) is 19.0 Å². The molecule has 1 nitrogen and oxygen atoms in total. The van der Waals surface area contributed by atoms with E-state index in [1.54, 1.807) is 0 Å². The number of hydrogen-bond donors (Lipinski definition) is 0. The smallest absolute Gasteiger partial charge is 0.0637 e. The first-order valence-electron chi connectivity index (χ1n) is 6.42. The zero-order valence-electron chi connectivity index (χ0n) is 10.3. The summed E-state index contributed by atoms with van der Waals surface area (Å²) in [5.74, 6) is 1.49. The topological polar surface area (TPSA) is 3.24 Å². The Morgan fingerprint density at radius 3 is 2.89 bits per heavy atom. The van der Waals surface area contributed by atoms with Crippen molar-refractivity contribution in [3.8, 4) is 0 Å². The summed E-state index contributed by atoms with van der Waals surface area (Å²) >= 11 is 18.1. The summed E-state index contributed by atoms with van der Waals surface area (Å²) in [6, 6.07) is 5.85. The van der Waals surface area contributed by atoms with Crippen molar-refractivity contribution in [3.63, 3.8) is 0 Å². The summed E-state index contributed by atoms with van der Waals surface area (Å²) in [6.45, 7) is 3.15. The summed E-state index contributed by atoms with van der Waals surface area (Å²) in [6.07, 6.45) is 3.66. The van der Waals surface area contributed by atoms with Gasteiger partial charge in [-0.1, -0.05) is 35.3 Å². The Labute approximate surface area is 124 Å². The highest BCUT2D eigenvalue weighted by Gasteiger charge is 2.20. The van der Waals surface area contributed by atoms with E-state index in [1.165, 1.54) is 12.8 Å². The van der Waals surface area contributed by atoms with Gasteiger partial charge in [-0.3, -0.25) is 4.90 Å². The Hall–Kier alpha value is 0.0500. The monoisotopic (exact) mass is 305 g/mol. The van der Waals surface area contributed by atoms with Crippen LogP contribution < -0.4 is 0 Å². The highest BCUT2D eigenvalue weighted by Crippen LogP contribution is 2.28. The van der Waals surface area contributed by atoms with Gasteiger partial charge < -0.3 is 0 Å². The largest absolute Gasteiger partial charge is 0.299 e. The molecule has 0 aromatic heterocycles. The van der Waals surface area contributed by atoms with Gasteiger partial charge in [-0.25, -0.2) is 0 Å². The van der Waals surface area contributed by atoms with Crippen molar-refractivity contribution < 1.29 is 0 Å². The Balaban J connectivity index is 1.98. The van der Waals surface area contributed by atoms with E-state index in [1.807, 2.05) is 12.1 Å². The van der Waals surface area contributed by atoms with Crippen LogP contribution in [0.2, 0.25) is 10.0 Å². The highest BCUT2D eigenvalue weighted by molar-refractivity contribution is 6.42. The number of halogens is 3. The third-order valence-corrected chi connectivity index (χ3v) is 4.62. The molecule has 1 fully saturated rings. The van der Waals surface area contributed by atoms with Crippen molar-refractivity contribution in [2.24, 2.45) is 5.92 Å². The van der Waals surface area contributed by atoms with Crippen LogP contribution in [0, 0.1) is 5.92 Å². The summed E-state index contributed by atoms with van der Waals surface area (Å²) in [7, 11) is 0. The van der Waals surface area contributed by atoms with Gasteiger partial charge in [0.15, 0.2) is 0 Å². The Morgan fingerprint density at radius 2 is 2.11 bits per heavy atom. The normalized spacial score (nSPS) is 21.2. The fraction of sp³-hybridized carbons (Fsp3) is 0.571. The van der Waals surface area contributed by atoms with E-state index in [2.05, 4.69) is 11.0 Å². The zero-order valence-corrected chi connectivity index (χ0v) is 12.6. The van der Waals surface area contributed by atoms with Crippen molar-refractivity contribution in [3.05, 3.63) is 33.8 Å². The van der Waals surface area contributed by atoms with Gasteiger partial charge >= 0.3 is 0 Å². The van der Waals surface area contributed by atoms with E-state index in [0.29, 0.717) is 10.0 Å². The molecular formula is C14H18Cl3N. The van der Waals surface area contributed by atoms with Crippen LogP contribution in [0.5, 0.6) is 0 Å². The van der Waals surface area contributed by atoms with Crippen molar-refractivity contribution >= 4 is 34.8 Å². The van der Waals surface area contributed by atoms with E-state index in [9.17, 15) is 0 Å². The minimum atomic E-state index is 0.642. The molecule has 0 saturated carbocycles. The first-order chi connectivity index (χ1) is 8.70. The Kier molecular flexibility index (Phi) is 5.62. The molecule has 1 unspecified atom stereocenters. The molecular weight excluding hydrogens is 289 g/mol. The molecule has 0 bridgehead atoms. The second-order valence-electron chi connectivity index (χ2n) is 4.93. The molecule has 0 spiro atoms. The number of hydrogen-bond acceptors (Lipinski definition) is 1. The molecule has 0 aliphatic carbocycles. The van der Waals surface area contributed by atoms with Gasteiger partial charge in [-0.2, -0.15) is 0 Å². The first-order valence-corrected chi connectivity index (χ1v) is 7.71. The van der Waals surface area contributed by atoms with E-state index < -0.39 is 0 Å². The van der Waals surface area contributed by atoms with E-state index >= 15 is 0 Å². The van der Waals surface area contributed by atoms with Crippen LogP contribution in [0.1, 0.15) is 24.8 Å². The number of nitrogens with zero attached hydrogens (tertiary/aromatic N) is 1. The molecule has 1 saturated heterocycles. The molecule has 2 rings (SSSR count). The molecule has 0 N–H and O–H groups in total. The van der Waals surface area contributed by atoms with E-state index in [4.69, 9.17) is 34.8 Å². The van der Waals surface area contributed by atoms with Crippen LogP contribution in [0.3, 0.4) is 0 Å². The second kappa shape index (κ2) is 7.00. The summed E-state index contributed by atoms with van der Waals surface area (Å²) in [5, 5.41) is 1.34. The third-order valence-electron chi connectivity index (χ3n) is 3.55. The quantitative estimate of drug-likeness (QED) is 0.720. The molecule has 1 aliphatic heterocycles. The van der Waals surface area contributed by atoms with Gasteiger partial charge in [0.25, 0.3) is 0 Å². The van der Waals surface area contributed by atoms with Crippen LogP contribution in [0.15, 0.2) is 18.2 Å². The van der Waals surface area contributed by atoms with Gasteiger partial charge in [-0.15, -0.1) is 11.6 Å². The predicted octanol–water partition coefficient (Wildman–Crippen LogP) is 4.83. The average molecular weight is 307 g/mol. The predicted molar refractivity (Wildman–Crippen MR) is 79.8 cm³/mol. The maximum atomic E-state index is 6.23. The minimum Gasteiger partial charge on any atom is -0.299 e. The number of piperidine rings is 1. The number of likely N-dealkylation sites (tertiary alicyclic amines) is 1. The first kappa shape index (κ1) is 14.5. The highest BCUT2D eigenvalue weighted by atomic mass is 35.5. The van der Waals surface area contributed by atoms with E-state index in [-0.39, 0.29) is 0 Å². The minimum absolute atomic E-state index is 0.642. The molecule has 18 heavy (non-hydrogen) atoms. The van der Waals surface area contributed by atoms with Crippen LogP contribution in [-0.4, -0.2) is 23.9 Å². The van der Waals surface area contributed by atoms with Crippen molar-refractivity contribution in [2.75, 3.05) is 19.0 Å². The summed E-state index contributed by atoms with van der Waals surface area (Å²) in [5.41, 5.74) is 1.12. The van der Waals surface area contributed by atoms with Gasteiger partial charge in [0.1, 0.15) is 0 Å². The van der Waals surface area contributed by atoms with Crippen LogP contribution >= 0.6 is 34.8 Å². The molecule has 1 atom stereocenters. The van der Waals surface area contributed by atoms with Crippen LogP contribution in [0.4, 0.5) is 0 Å². The number of benzene rings is 1. The molecule has 0 amide bonds. The SMILES string of the molecule is ClCCC1CCCN(Cc2cccc(Cl)c2Cl)C1. The molecule has 0 radical (unpaired) electrons. The van der Waals surface area contributed by atoms with Crippen LogP contribution in [0.25, 0.3) is 0 Å². The number of alkyl halides is 1. The molecule has 1 heterocycles. The van der Waals surface area contributed by atoms with Gasteiger partial charge in [-0.05, 0) is 43.4 Å². The fourth-order valence-electron chi connectivity index (χ4n) is 2.60. The standard InChI is InChI=1S/C14H18Cl3N/c15-7-6-11-3-2-8-18(9-11)10-12-4-1-5-13(16)14(12)17/h1,4-5,11H,2-3,6-10H2. The molecule has 1 aliphatic rings. The molecule has 1 aromatic carbocycles.